The standard InChI is InChI=1S/C13H10F3NO/c1-8-2-4-9(5-3-8)10-6-7-11(17-10)12(18)13(14,15)16/h2-7,17H,1H3. The first kappa shape index (κ1) is 12.4. The maximum absolute atomic E-state index is 12.2. The van der Waals surface area contributed by atoms with E-state index < -0.39 is 17.7 Å². The molecule has 2 rings (SSSR count). The summed E-state index contributed by atoms with van der Waals surface area (Å²) in [5.41, 5.74) is 1.83. The van der Waals surface area contributed by atoms with E-state index in [9.17, 15) is 18.0 Å². The number of aromatic nitrogens is 1. The van der Waals surface area contributed by atoms with Crippen molar-refractivity contribution in [3.8, 4) is 11.3 Å². The first-order chi connectivity index (χ1) is 8.38. The van der Waals surface area contributed by atoms with Crippen molar-refractivity contribution in [2.24, 2.45) is 0 Å². The molecular weight excluding hydrogens is 243 g/mol. The highest BCUT2D eigenvalue weighted by Gasteiger charge is 2.40. The lowest BCUT2D eigenvalue weighted by Crippen LogP contribution is -2.22. The number of nitrogens with one attached hydrogen (secondary N) is 1. The topological polar surface area (TPSA) is 32.9 Å². The molecule has 0 saturated carbocycles. The van der Waals surface area contributed by atoms with Gasteiger partial charge in [0.05, 0.1) is 5.69 Å². The SMILES string of the molecule is Cc1ccc(-c2ccc(C(=O)C(F)(F)F)[nH]2)cc1. The smallest absolute Gasteiger partial charge is 0.352 e. The van der Waals surface area contributed by atoms with E-state index in [4.69, 9.17) is 0 Å². The lowest BCUT2D eigenvalue weighted by atomic mass is 10.1. The second-order valence-corrected chi connectivity index (χ2v) is 3.98. The first-order valence-electron chi connectivity index (χ1n) is 5.25. The molecule has 1 heterocycles. The molecule has 0 amide bonds. The predicted octanol–water partition coefficient (Wildman–Crippen LogP) is 3.74. The monoisotopic (exact) mass is 253 g/mol. The van der Waals surface area contributed by atoms with Gasteiger partial charge in [0.2, 0.25) is 0 Å². The number of aryl methyl sites for hydroxylation is 1. The highest BCUT2D eigenvalue weighted by atomic mass is 19.4. The molecule has 2 nitrogen and oxygen atoms in total. The third-order valence-electron chi connectivity index (χ3n) is 2.55. The van der Waals surface area contributed by atoms with Gasteiger partial charge in [-0.25, -0.2) is 0 Å². The van der Waals surface area contributed by atoms with Crippen LogP contribution in [0.25, 0.3) is 11.3 Å². The zero-order valence-corrected chi connectivity index (χ0v) is 9.51. The van der Waals surface area contributed by atoms with Crippen LogP contribution < -0.4 is 0 Å². The molecule has 1 aromatic heterocycles. The van der Waals surface area contributed by atoms with Gasteiger partial charge in [0.15, 0.2) is 0 Å². The zero-order valence-electron chi connectivity index (χ0n) is 9.51. The number of H-pyrrole nitrogens is 1. The Balaban J connectivity index is 2.31. The maximum atomic E-state index is 12.2. The summed E-state index contributed by atoms with van der Waals surface area (Å²) in [6.07, 6.45) is -4.85. The van der Waals surface area contributed by atoms with Gasteiger partial charge in [-0.05, 0) is 24.6 Å². The van der Waals surface area contributed by atoms with Crippen LogP contribution in [-0.4, -0.2) is 16.9 Å². The Bertz CT molecular complexity index is 567. The zero-order chi connectivity index (χ0) is 13.3. The van der Waals surface area contributed by atoms with Gasteiger partial charge in [-0.1, -0.05) is 29.8 Å². The molecule has 0 aliphatic heterocycles. The number of alkyl halides is 3. The van der Waals surface area contributed by atoms with Gasteiger partial charge < -0.3 is 4.98 Å². The summed E-state index contributed by atoms with van der Waals surface area (Å²) in [5, 5.41) is 0. The molecule has 0 spiro atoms. The van der Waals surface area contributed by atoms with Gasteiger partial charge in [-0.2, -0.15) is 13.2 Å². The Labute approximate surface area is 101 Å². The van der Waals surface area contributed by atoms with Gasteiger partial charge in [-0.3, -0.25) is 4.79 Å². The van der Waals surface area contributed by atoms with Crippen molar-refractivity contribution in [3.63, 3.8) is 0 Å². The fraction of sp³-hybridized carbons (Fsp3) is 0.154. The molecule has 0 atom stereocenters. The highest BCUT2D eigenvalue weighted by Crippen LogP contribution is 2.24. The average Bonchev–Trinajstić information content (AvgIpc) is 2.77. The lowest BCUT2D eigenvalue weighted by molar-refractivity contribution is -0.0887. The Morgan fingerprint density at radius 2 is 1.67 bits per heavy atom. The summed E-state index contributed by atoms with van der Waals surface area (Å²) in [7, 11) is 0. The van der Waals surface area contributed by atoms with Gasteiger partial charge in [0.25, 0.3) is 5.78 Å². The van der Waals surface area contributed by atoms with E-state index in [1.165, 1.54) is 6.07 Å². The van der Waals surface area contributed by atoms with Gasteiger partial charge in [0.1, 0.15) is 0 Å². The van der Waals surface area contributed by atoms with Crippen LogP contribution in [-0.2, 0) is 0 Å². The molecule has 5 heteroatoms. The van der Waals surface area contributed by atoms with E-state index in [1.807, 2.05) is 19.1 Å². The van der Waals surface area contributed by atoms with E-state index in [0.29, 0.717) is 5.69 Å². The molecule has 94 valence electrons. The minimum absolute atomic E-state index is 0.446. The number of rotatable bonds is 2. The molecule has 0 fully saturated rings. The predicted molar refractivity (Wildman–Crippen MR) is 61.4 cm³/mol. The van der Waals surface area contributed by atoms with E-state index in [1.54, 1.807) is 12.1 Å². The van der Waals surface area contributed by atoms with Crippen molar-refractivity contribution in [1.82, 2.24) is 4.98 Å². The Kier molecular flexibility index (Phi) is 2.98. The van der Waals surface area contributed by atoms with Crippen LogP contribution in [0, 0.1) is 6.92 Å². The quantitative estimate of drug-likeness (QED) is 0.812. The van der Waals surface area contributed by atoms with Gasteiger partial charge in [0, 0.05) is 5.69 Å². The number of carbonyl (C=O) groups excluding carboxylic acids is 1. The molecule has 0 bridgehead atoms. The summed E-state index contributed by atoms with van der Waals surface area (Å²) in [6, 6.07) is 9.86. The molecule has 0 aliphatic carbocycles. The van der Waals surface area contributed by atoms with Crippen LogP contribution in [0.4, 0.5) is 13.2 Å². The second-order valence-electron chi connectivity index (χ2n) is 3.98. The van der Waals surface area contributed by atoms with Crippen LogP contribution in [0.1, 0.15) is 16.1 Å². The van der Waals surface area contributed by atoms with E-state index >= 15 is 0 Å². The largest absolute Gasteiger partial charge is 0.456 e. The number of hydrogen-bond donors (Lipinski definition) is 1. The Morgan fingerprint density at radius 1 is 1.06 bits per heavy atom. The van der Waals surface area contributed by atoms with Crippen LogP contribution in [0.2, 0.25) is 0 Å². The normalized spacial score (nSPS) is 11.6. The second kappa shape index (κ2) is 4.33. The van der Waals surface area contributed by atoms with Crippen molar-refractivity contribution in [2.45, 2.75) is 13.1 Å². The van der Waals surface area contributed by atoms with Crippen LogP contribution in [0.15, 0.2) is 36.4 Å². The fourth-order valence-corrected chi connectivity index (χ4v) is 1.58. The molecule has 2 aromatic rings. The summed E-state index contributed by atoms with van der Waals surface area (Å²) >= 11 is 0. The number of hydrogen-bond acceptors (Lipinski definition) is 1. The number of aromatic amines is 1. The van der Waals surface area contributed by atoms with E-state index in [0.717, 1.165) is 17.2 Å². The van der Waals surface area contributed by atoms with E-state index in [-0.39, 0.29) is 0 Å². The number of halogens is 3. The molecular formula is C13H10F3NO. The Hall–Kier alpha value is -2.04. The number of benzene rings is 1. The van der Waals surface area contributed by atoms with Gasteiger partial charge in [-0.15, -0.1) is 0 Å². The molecule has 1 N–H and O–H groups in total. The van der Waals surface area contributed by atoms with Gasteiger partial charge >= 0.3 is 6.18 Å². The first-order valence-corrected chi connectivity index (χ1v) is 5.25. The van der Waals surface area contributed by atoms with Crippen molar-refractivity contribution in [3.05, 3.63) is 47.7 Å². The third-order valence-corrected chi connectivity index (χ3v) is 2.55. The minimum atomic E-state index is -4.85. The lowest BCUT2D eigenvalue weighted by Gasteiger charge is -2.03. The number of ketones is 1. The minimum Gasteiger partial charge on any atom is -0.352 e. The number of carbonyl (C=O) groups is 1. The summed E-state index contributed by atoms with van der Waals surface area (Å²) in [6.45, 7) is 1.91. The highest BCUT2D eigenvalue weighted by molar-refractivity contribution is 5.99. The van der Waals surface area contributed by atoms with Crippen molar-refractivity contribution < 1.29 is 18.0 Å². The Morgan fingerprint density at radius 3 is 2.22 bits per heavy atom. The molecule has 0 radical (unpaired) electrons. The van der Waals surface area contributed by atoms with Crippen LogP contribution in [0.3, 0.4) is 0 Å². The van der Waals surface area contributed by atoms with Crippen LogP contribution >= 0.6 is 0 Å². The number of Topliss-reactive ketones (excluding diaryl/α,β-unsaturated/α-hetero) is 1. The molecule has 0 saturated heterocycles. The summed E-state index contributed by atoms with van der Waals surface area (Å²) < 4.78 is 36.7. The van der Waals surface area contributed by atoms with Crippen molar-refractivity contribution >= 4 is 5.78 Å². The van der Waals surface area contributed by atoms with Crippen molar-refractivity contribution in [2.75, 3.05) is 0 Å². The summed E-state index contributed by atoms with van der Waals surface area (Å²) in [5.74, 6) is -1.86. The molecule has 1 aromatic carbocycles. The molecule has 0 unspecified atom stereocenters. The van der Waals surface area contributed by atoms with E-state index in [2.05, 4.69) is 4.98 Å². The van der Waals surface area contributed by atoms with Crippen molar-refractivity contribution in [1.29, 1.82) is 0 Å². The average molecular weight is 253 g/mol. The molecule has 18 heavy (non-hydrogen) atoms. The maximum Gasteiger partial charge on any atom is 0.456 e. The van der Waals surface area contributed by atoms with Crippen LogP contribution in [0.5, 0.6) is 0 Å². The summed E-state index contributed by atoms with van der Waals surface area (Å²) in [4.78, 5) is 13.5. The molecule has 0 aliphatic rings. The third kappa shape index (κ3) is 2.45. The fourth-order valence-electron chi connectivity index (χ4n) is 1.58.